The molecule has 2 atom stereocenters. The van der Waals surface area contributed by atoms with E-state index in [1.807, 2.05) is 6.92 Å². The number of hydrogen-bond donors (Lipinski definition) is 2. The van der Waals surface area contributed by atoms with Crippen LogP contribution in [0.25, 0.3) is 0 Å². The minimum Gasteiger partial charge on any atom is -0.481 e. The van der Waals surface area contributed by atoms with Gasteiger partial charge in [0.15, 0.2) is 0 Å². The summed E-state index contributed by atoms with van der Waals surface area (Å²) in [6, 6.07) is 0.436. The first-order valence-electron chi connectivity index (χ1n) is 4.15. The van der Waals surface area contributed by atoms with Crippen LogP contribution in [0.2, 0.25) is 0 Å². The molecule has 11 heavy (non-hydrogen) atoms. The highest BCUT2D eigenvalue weighted by molar-refractivity contribution is 5.67. The number of carbonyl (C=O) groups is 1. The normalized spacial score (nSPS) is 26.8. The zero-order chi connectivity index (χ0) is 8.27. The fraction of sp³-hybridized carbons (Fsp3) is 0.875. The maximum absolute atomic E-state index is 10.3. The Morgan fingerprint density at radius 3 is 3.00 bits per heavy atom. The van der Waals surface area contributed by atoms with E-state index in [-0.39, 0.29) is 12.3 Å². The zero-order valence-corrected chi connectivity index (χ0v) is 6.84. The Hall–Kier alpha value is -0.570. The van der Waals surface area contributed by atoms with Crippen molar-refractivity contribution in [2.75, 3.05) is 6.54 Å². The van der Waals surface area contributed by atoms with Gasteiger partial charge in [0.2, 0.25) is 0 Å². The highest BCUT2D eigenvalue weighted by atomic mass is 16.4. The van der Waals surface area contributed by atoms with Crippen molar-refractivity contribution < 1.29 is 9.90 Å². The van der Waals surface area contributed by atoms with Crippen LogP contribution in [0.4, 0.5) is 0 Å². The lowest BCUT2D eigenvalue weighted by Crippen LogP contribution is -2.29. The van der Waals surface area contributed by atoms with E-state index in [1.54, 1.807) is 0 Å². The summed E-state index contributed by atoms with van der Waals surface area (Å²) in [5.74, 6) is -0.416. The quantitative estimate of drug-likeness (QED) is 0.638. The molecule has 1 rings (SSSR count). The number of carboxylic acids is 1. The van der Waals surface area contributed by atoms with Crippen molar-refractivity contribution >= 4 is 5.97 Å². The number of aliphatic carboxylic acids is 1. The molecule has 1 saturated heterocycles. The molecule has 1 aliphatic heterocycles. The second-order valence-electron chi connectivity index (χ2n) is 3.28. The van der Waals surface area contributed by atoms with E-state index in [2.05, 4.69) is 5.32 Å². The topological polar surface area (TPSA) is 49.3 Å². The van der Waals surface area contributed by atoms with Crippen LogP contribution in [0.15, 0.2) is 0 Å². The van der Waals surface area contributed by atoms with Crippen molar-refractivity contribution in [2.45, 2.75) is 32.2 Å². The molecule has 0 bridgehead atoms. The Bertz CT molecular complexity index is 141. The lowest BCUT2D eigenvalue weighted by atomic mass is 9.97. The Balaban J connectivity index is 2.28. The third kappa shape index (κ3) is 2.50. The second kappa shape index (κ2) is 3.72. The molecule has 3 nitrogen and oxygen atoms in total. The molecule has 1 heterocycles. The Labute approximate surface area is 66.8 Å². The lowest BCUT2D eigenvalue weighted by molar-refractivity contribution is -0.138. The van der Waals surface area contributed by atoms with Gasteiger partial charge in [-0.1, -0.05) is 6.92 Å². The molecule has 0 aliphatic carbocycles. The predicted octanol–water partition coefficient (Wildman–Crippen LogP) is 0.849. The lowest BCUT2D eigenvalue weighted by Gasteiger charge is -2.16. The van der Waals surface area contributed by atoms with Gasteiger partial charge in [0.1, 0.15) is 0 Å². The van der Waals surface area contributed by atoms with Crippen LogP contribution in [0, 0.1) is 5.92 Å². The Morgan fingerprint density at radius 2 is 2.55 bits per heavy atom. The fourth-order valence-corrected chi connectivity index (χ4v) is 1.61. The summed E-state index contributed by atoms with van der Waals surface area (Å²) < 4.78 is 0. The smallest absolute Gasteiger partial charge is 0.303 e. The minimum atomic E-state index is -0.689. The summed E-state index contributed by atoms with van der Waals surface area (Å²) in [5, 5.41) is 11.8. The molecule has 0 radical (unpaired) electrons. The molecule has 0 aromatic rings. The Kier molecular flexibility index (Phi) is 2.88. The van der Waals surface area contributed by atoms with Crippen LogP contribution in [-0.4, -0.2) is 23.7 Å². The van der Waals surface area contributed by atoms with Crippen molar-refractivity contribution in [3.05, 3.63) is 0 Å². The van der Waals surface area contributed by atoms with Gasteiger partial charge in [-0.25, -0.2) is 0 Å². The van der Waals surface area contributed by atoms with Crippen LogP contribution in [-0.2, 0) is 4.79 Å². The van der Waals surface area contributed by atoms with E-state index in [0.717, 1.165) is 13.0 Å². The highest BCUT2D eigenvalue weighted by Crippen LogP contribution is 2.16. The van der Waals surface area contributed by atoms with Crippen molar-refractivity contribution in [2.24, 2.45) is 5.92 Å². The molecule has 64 valence electrons. The largest absolute Gasteiger partial charge is 0.481 e. The Morgan fingerprint density at radius 1 is 1.82 bits per heavy atom. The standard InChI is InChI=1S/C8H15NO2/c1-6(5-8(10)11)7-3-2-4-9-7/h6-7,9H,2-5H2,1H3,(H,10,11). The van der Waals surface area contributed by atoms with Gasteiger partial charge in [-0.15, -0.1) is 0 Å². The van der Waals surface area contributed by atoms with Gasteiger partial charge in [-0.3, -0.25) is 4.79 Å². The molecule has 2 unspecified atom stereocenters. The van der Waals surface area contributed by atoms with Gasteiger partial charge in [0.05, 0.1) is 0 Å². The predicted molar refractivity (Wildman–Crippen MR) is 42.4 cm³/mol. The third-order valence-corrected chi connectivity index (χ3v) is 2.28. The van der Waals surface area contributed by atoms with Crippen molar-refractivity contribution in [3.63, 3.8) is 0 Å². The van der Waals surface area contributed by atoms with Crippen LogP contribution in [0.3, 0.4) is 0 Å². The van der Waals surface area contributed by atoms with Crippen LogP contribution in [0.5, 0.6) is 0 Å². The summed E-state index contributed by atoms with van der Waals surface area (Å²) in [6.45, 7) is 3.05. The zero-order valence-electron chi connectivity index (χ0n) is 6.84. The summed E-state index contributed by atoms with van der Waals surface area (Å²) in [6.07, 6.45) is 2.61. The van der Waals surface area contributed by atoms with Gasteiger partial charge in [0.25, 0.3) is 0 Å². The SMILES string of the molecule is CC(CC(=O)O)C1CCCN1. The maximum Gasteiger partial charge on any atom is 0.303 e. The first-order valence-corrected chi connectivity index (χ1v) is 4.15. The van der Waals surface area contributed by atoms with Gasteiger partial charge < -0.3 is 10.4 Å². The summed E-state index contributed by atoms with van der Waals surface area (Å²) in [5.41, 5.74) is 0. The maximum atomic E-state index is 10.3. The van der Waals surface area contributed by atoms with E-state index in [9.17, 15) is 4.79 Å². The highest BCUT2D eigenvalue weighted by Gasteiger charge is 2.22. The van der Waals surface area contributed by atoms with E-state index in [0.29, 0.717) is 6.04 Å². The first kappa shape index (κ1) is 8.53. The molecule has 0 saturated carbocycles. The average Bonchev–Trinajstić information content (AvgIpc) is 2.35. The molecule has 0 spiro atoms. The number of nitrogens with one attached hydrogen (secondary N) is 1. The fourth-order valence-electron chi connectivity index (χ4n) is 1.61. The minimum absolute atomic E-state index is 0.273. The van der Waals surface area contributed by atoms with Crippen LogP contribution < -0.4 is 5.32 Å². The number of carboxylic acid groups (broad SMARTS) is 1. The van der Waals surface area contributed by atoms with Crippen molar-refractivity contribution in [1.82, 2.24) is 5.32 Å². The number of rotatable bonds is 3. The van der Waals surface area contributed by atoms with Crippen molar-refractivity contribution in [1.29, 1.82) is 0 Å². The van der Waals surface area contributed by atoms with E-state index >= 15 is 0 Å². The average molecular weight is 157 g/mol. The van der Waals surface area contributed by atoms with Gasteiger partial charge in [-0.05, 0) is 25.3 Å². The second-order valence-corrected chi connectivity index (χ2v) is 3.28. The molecular formula is C8H15NO2. The van der Waals surface area contributed by atoms with Gasteiger partial charge in [-0.2, -0.15) is 0 Å². The summed E-state index contributed by atoms with van der Waals surface area (Å²) in [4.78, 5) is 10.3. The summed E-state index contributed by atoms with van der Waals surface area (Å²) >= 11 is 0. The van der Waals surface area contributed by atoms with Crippen LogP contribution in [0.1, 0.15) is 26.2 Å². The van der Waals surface area contributed by atoms with E-state index in [1.165, 1.54) is 6.42 Å². The third-order valence-electron chi connectivity index (χ3n) is 2.28. The molecule has 2 N–H and O–H groups in total. The molecule has 1 aliphatic rings. The van der Waals surface area contributed by atoms with E-state index < -0.39 is 5.97 Å². The van der Waals surface area contributed by atoms with Gasteiger partial charge >= 0.3 is 5.97 Å². The molecule has 1 fully saturated rings. The van der Waals surface area contributed by atoms with E-state index in [4.69, 9.17) is 5.11 Å². The summed E-state index contributed by atoms with van der Waals surface area (Å²) in [7, 11) is 0. The molecule has 0 aromatic carbocycles. The molecule has 0 aromatic heterocycles. The van der Waals surface area contributed by atoms with Gasteiger partial charge in [0, 0.05) is 12.5 Å². The number of hydrogen-bond acceptors (Lipinski definition) is 2. The molecule has 0 amide bonds. The van der Waals surface area contributed by atoms with Crippen molar-refractivity contribution in [3.8, 4) is 0 Å². The van der Waals surface area contributed by atoms with Crippen LogP contribution >= 0.6 is 0 Å². The molecule has 3 heteroatoms. The first-order chi connectivity index (χ1) is 5.20. The monoisotopic (exact) mass is 157 g/mol. The molecular weight excluding hydrogens is 142 g/mol.